The highest BCUT2D eigenvalue weighted by atomic mass is 32.1. The van der Waals surface area contributed by atoms with Gasteiger partial charge in [-0.2, -0.15) is 0 Å². The predicted octanol–water partition coefficient (Wildman–Crippen LogP) is 4.35. The van der Waals surface area contributed by atoms with Crippen molar-refractivity contribution in [3.63, 3.8) is 0 Å². The number of thiazole rings is 1. The van der Waals surface area contributed by atoms with Crippen LogP contribution in [0.2, 0.25) is 0 Å². The lowest BCUT2D eigenvalue weighted by Gasteiger charge is -2.34. The molecule has 0 radical (unpaired) electrons. The molecule has 1 aromatic heterocycles. The minimum absolute atomic E-state index is 0.00205. The fourth-order valence-corrected chi connectivity index (χ4v) is 4.56. The van der Waals surface area contributed by atoms with Crippen LogP contribution in [0.25, 0.3) is 10.6 Å². The molecule has 8 nitrogen and oxygen atoms in total. The van der Waals surface area contributed by atoms with Gasteiger partial charge in [-0.05, 0) is 55.5 Å². The number of hydrogen-bond donors (Lipinski definition) is 1. The van der Waals surface area contributed by atoms with Crippen LogP contribution in [-0.4, -0.2) is 66.7 Å². The van der Waals surface area contributed by atoms with Gasteiger partial charge >= 0.3 is 6.09 Å². The lowest BCUT2D eigenvalue weighted by Crippen LogP contribution is -2.48. The maximum absolute atomic E-state index is 12.9. The summed E-state index contributed by atoms with van der Waals surface area (Å²) in [5, 5.41) is 5.72. The van der Waals surface area contributed by atoms with Crippen LogP contribution in [0.5, 0.6) is 5.75 Å². The summed E-state index contributed by atoms with van der Waals surface area (Å²) in [5.41, 5.74) is 3.32. The maximum atomic E-state index is 12.9. The normalized spacial score (nSPS) is 14.0. The highest BCUT2D eigenvalue weighted by molar-refractivity contribution is 7.13. The Labute approximate surface area is 203 Å². The number of ether oxygens (including phenoxy) is 2. The highest BCUT2D eigenvalue weighted by Crippen LogP contribution is 2.26. The number of piperazine rings is 1. The van der Waals surface area contributed by atoms with Crippen molar-refractivity contribution in [1.29, 1.82) is 0 Å². The van der Waals surface area contributed by atoms with E-state index in [-0.39, 0.29) is 5.91 Å². The summed E-state index contributed by atoms with van der Waals surface area (Å²) >= 11 is 1.64. The highest BCUT2D eigenvalue weighted by Gasteiger charge is 2.23. The molecule has 0 bridgehead atoms. The van der Waals surface area contributed by atoms with E-state index in [9.17, 15) is 9.59 Å². The van der Waals surface area contributed by atoms with Crippen molar-refractivity contribution in [3.05, 3.63) is 65.2 Å². The minimum Gasteiger partial charge on any atom is -0.497 e. The van der Waals surface area contributed by atoms with Gasteiger partial charge in [0.15, 0.2) is 0 Å². The molecule has 1 fully saturated rings. The van der Waals surface area contributed by atoms with Crippen molar-refractivity contribution in [3.8, 4) is 16.3 Å². The Morgan fingerprint density at radius 3 is 2.38 bits per heavy atom. The largest absolute Gasteiger partial charge is 0.497 e. The lowest BCUT2D eigenvalue weighted by molar-refractivity contribution is 0.0627. The van der Waals surface area contributed by atoms with Crippen LogP contribution in [0, 0.1) is 0 Å². The van der Waals surface area contributed by atoms with E-state index in [1.807, 2.05) is 29.2 Å². The molecule has 0 atom stereocenters. The smallest absolute Gasteiger partial charge is 0.411 e. The number of rotatable bonds is 7. The van der Waals surface area contributed by atoms with Gasteiger partial charge in [0.2, 0.25) is 0 Å². The van der Waals surface area contributed by atoms with E-state index in [1.54, 1.807) is 49.6 Å². The van der Waals surface area contributed by atoms with Gasteiger partial charge in [0.1, 0.15) is 10.8 Å². The second-order valence-electron chi connectivity index (χ2n) is 7.86. The molecule has 178 valence electrons. The average Bonchev–Trinajstić information content (AvgIpc) is 3.33. The van der Waals surface area contributed by atoms with Crippen LogP contribution in [0.3, 0.4) is 0 Å². The summed E-state index contributed by atoms with van der Waals surface area (Å²) in [4.78, 5) is 33.4. The molecule has 1 aliphatic heterocycles. The Morgan fingerprint density at radius 2 is 1.74 bits per heavy atom. The molecule has 3 aromatic rings. The fraction of sp³-hybridized carbons (Fsp3) is 0.320. The first-order chi connectivity index (χ1) is 16.6. The molecule has 34 heavy (non-hydrogen) atoms. The molecule has 2 aromatic carbocycles. The molecule has 0 saturated carbocycles. The van der Waals surface area contributed by atoms with Crippen LogP contribution >= 0.6 is 11.3 Å². The molecule has 1 N–H and O–H groups in total. The number of nitrogens with one attached hydrogen (secondary N) is 1. The van der Waals surface area contributed by atoms with Gasteiger partial charge < -0.3 is 14.4 Å². The molecule has 1 saturated heterocycles. The van der Waals surface area contributed by atoms with E-state index in [0.29, 0.717) is 30.9 Å². The van der Waals surface area contributed by atoms with Gasteiger partial charge in [0, 0.05) is 54.9 Å². The Kier molecular flexibility index (Phi) is 7.76. The monoisotopic (exact) mass is 480 g/mol. The first-order valence-corrected chi connectivity index (χ1v) is 12.1. The number of carbonyl (C=O) groups is 2. The van der Waals surface area contributed by atoms with Gasteiger partial charge in [-0.25, -0.2) is 9.78 Å². The van der Waals surface area contributed by atoms with Crippen molar-refractivity contribution < 1.29 is 19.1 Å². The number of carbonyl (C=O) groups excluding carboxylic acids is 2. The van der Waals surface area contributed by atoms with Gasteiger partial charge in [-0.15, -0.1) is 11.3 Å². The second-order valence-corrected chi connectivity index (χ2v) is 8.72. The number of benzene rings is 2. The standard InChI is InChI=1S/C25H28N4O4S/c1-3-33-25(31)27-20-8-4-19(5-9-20)24(30)29-14-12-28(13-15-29)16-21-17-34-23(26-21)18-6-10-22(32-2)11-7-18/h4-11,17H,3,12-16H2,1-2H3,(H,27,31). The van der Waals surface area contributed by atoms with Gasteiger partial charge in [0.25, 0.3) is 5.91 Å². The molecule has 0 unspecified atom stereocenters. The molecule has 0 spiro atoms. The lowest BCUT2D eigenvalue weighted by atomic mass is 10.1. The van der Waals surface area contributed by atoms with Crippen LogP contribution in [-0.2, 0) is 11.3 Å². The molecular formula is C25H28N4O4S. The van der Waals surface area contributed by atoms with Crippen LogP contribution < -0.4 is 10.1 Å². The maximum Gasteiger partial charge on any atom is 0.411 e. The minimum atomic E-state index is -0.506. The Morgan fingerprint density at radius 1 is 1.03 bits per heavy atom. The summed E-state index contributed by atoms with van der Waals surface area (Å²) in [5.74, 6) is 0.829. The Hall–Kier alpha value is -3.43. The topological polar surface area (TPSA) is 84.0 Å². The molecule has 9 heteroatoms. The number of hydrogen-bond acceptors (Lipinski definition) is 7. The van der Waals surface area contributed by atoms with Gasteiger partial charge in [-0.1, -0.05) is 0 Å². The van der Waals surface area contributed by atoms with Gasteiger partial charge in [-0.3, -0.25) is 15.0 Å². The second kappa shape index (κ2) is 11.1. The van der Waals surface area contributed by atoms with Crippen LogP contribution in [0.15, 0.2) is 53.9 Å². The van der Waals surface area contributed by atoms with E-state index >= 15 is 0 Å². The van der Waals surface area contributed by atoms with Crippen molar-refractivity contribution >= 4 is 29.0 Å². The van der Waals surface area contributed by atoms with E-state index < -0.39 is 6.09 Å². The molecule has 4 rings (SSSR count). The third kappa shape index (κ3) is 5.92. The molecular weight excluding hydrogens is 452 g/mol. The summed E-state index contributed by atoms with van der Waals surface area (Å²) in [6, 6.07) is 14.8. The number of aromatic nitrogens is 1. The zero-order valence-electron chi connectivity index (χ0n) is 19.3. The first-order valence-electron chi connectivity index (χ1n) is 11.2. The van der Waals surface area contributed by atoms with E-state index in [1.165, 1.54) is 0 Å². The van der Waals surface area contributed by atoms with Crippen LogP contribution in [0.4, 0.5) is 10.5 Å². The SMILES string of the molecule is CCOC(=O)Nc1ccc(C(=O)N2CCN(Cc3csc(-c4ccc(OC)cc4)n3)CC2)cc1. The fourth-order valence-electron chi connectivity index (χ4n) is 3.75. The first kappa shape index (κ1) is 23.7. The zero-order valence-corrected chi connectivity index (χ0v) is 20.1. The number of amides is 2. The third-order valence-corrected chi connectivity index (χ3v) is 6.53. The van der Waals surface area contributed by atoms with E-state index in [0.717, 1.165) is 41.6 Å². The van der Waals surface area contributed by atoms with Crippen molar-refractivity contribution in [2.45, 2.75) is 13.5 Å². The van der Waals surface area contributed by atoms with E-state index in [2.05, 4.69) is 15.6 Å². The molecule has 2 heterocycles. The average molecular weight is 481 g/mol. The number of anilines is 1. The number of methoxy groups -OCH3 is 1. The summed E-state index contributed by atoms with van der Waals surface area (Å²) in [6.45, 7) is 5.74. The quantitative estimate of drug-likeness (QED) is 0.542. The zero-order chi connectivity index (χ0) is 23.9. The molecule has 0 aliphatic carbocycles. The number of nitrogens with zero attached hydrogens (tertiary/aromatic N) is 3. The van der Waals surface area contributed by atoms with Gasteiger partial charge in [0.05, 0.1) is 19.4 Å². The Bertz CT molecular complexity index is 1110. The summed E-state index contributed by atoms with van der Waals surface area (Å²) in [6.07, 6.45) is -0.506. The van der Waals surface area contributed by atoms with Crippen molar-refractivity contribution in [2.75, 3.05) is 45.2 Å². The van der Waals surface area contributed by atoms with Crippen molar-refractivity contribution in [2.24, 2.45) is 0 Å². The predicted molar refractivity (Wildman–Crippen MR) is 132 cm³/mol. The van der Waals surface area contributed by atoms with Crippen molar-refractivity contribution in [1.82, 2.24) is 14.8 Å². The Balaban J connectivity index is 1.27. The molecule has 1 aliphatic rings. The molecule has 2 amide bonds. The third-order valence-electron chi connectivity index (χ3n) is 5.59. The summed E-state index contributed by atoms with van der Waals surface area (Å²) < 4.78 is 10.1. The summed E-state index contributed by atoms with van der Waals surface area (Å²) in [7, 11) is 1.66. The van der Waals surface area contributed by atoms with E-state index in [4.69, 9.17) is 14.5 Å². The van der Waals surface area contributed by atoms with Crippen LogP contribution in [0.1, 0.15) is 23.0 Å².